The smallest absolute Gasteiger partial charge is 0.269 e. The fourth-order valence-electron chi connectivity index (χ4n) is 3.39. The lowest BCUT2D eigenvalue weighted by atomic mass is 10.2. The van der Waals surface area contributed by atoms with Crippen LogP contribution in [0, 0.1) is 10.1 Å². The second kappa shape index (κ2) is 11.3. The number of carbonyl (C=O) groups excluding carboxylic acids is 1. The van der Waals surface area contributed by atoms with Gasteiger partial charge < -0.3 is 9.47 Å². The van der Waals surface area contributed by atoms with Crippen LogP contribution in [0.4, 0.5) is 11.4 Å². The van der Waals surface area contributed by atoms with Crippen molar-refractivity contribution in [2.24, 2.45) is 4.99 Å². The third-order valence-corrected chi connectivity index (χ3v) is 6.60. The minimum atomic E-state index is -0.449. The second-order valence-electron chi connectivity index (χ2n) is 7.65. The molecule has 3 aromatic rings. The van der Waals surface area contributed by atoms with Crippen molar-refractivity contribution in [3.63, 3.8) is 0 Å². The number of nitro benzene ring substituents is 1. The molecular formula is C26H22ClN3O5S. The number of ether oxygens (including phenoxy) is 2. The summed E-state index contributed by atoms with van der Waals surface area (Å²) >= 11 is 7.73. The molecule has 0 atom stereocenters. The number of likely N-dealkylation sites (N-methyl/N-ethyl adjacent to an activating group) is 1. The molecule has 8 nitrogen and oxygen atoms in total. The maximum atomic E-state index is 13.0. The lowest BCUT2D eigenvalue weighted by molar-refractivity contribution is -0.384. The van der Waals surface area contributed by atoms with Crippen molar-refractivity contribution in [2.45, 2.75) is 13.5 Å². The van der Waals surface area contributed by atoms with Gasteiger partial charge in [0.25, 0.3) is 11.6 Å². The zero-order valence-electron chi connectivity index (χ0n) is 19.5. The molecule has 1 aliphatic heterocycles. The number of hydrogen-bond donors (Lipinski definition) is 0. The Kier molecular flexibility index (Phi) is 7.92. The van der Waals surface area contributed by atoms with E-state index in [1.54, 1.807) is 42.4 Å². The normalized spacial score (nSPS) is 15.5. The van der Waals surface area contributed by atoms with Gasteiger partial charge in [-0.25, -0.2) is 4.99 Å². The molecule has 0 bridgehead atoms. The van der Waals surface area contributed by atoms with Crippen LogP contribution in [0.5, 0.6) is 11.5 Å². The second-order valence-corrected chi connectivity index (χ2v) is 9.07. The number of carbonyl (C=O) groups is 1. The molecular weight excluding hydrogens is 502 g/mol. The summed E-state index contributed by atoms with van der Waals surface area (Å²) in [7, 11) is 1.60. The summed E-state index contributed by atoms with van der Waals surface area (Å²) in [5.41, 5.74) is 2.27. The largest absolute Gasteiger partial charge is 0.497 e. The van der Waals surface area contributed by atoms with Crippen LogP contribution < -0.4 is 9.47 Å². The lowest BCUT2D eigenvalue weighted by Crippen LogP contribution is -2.28. The molecule has 0 aliphatic carbocycles. The van der Waals surface area contributed by atoms with E-state index < -0.39 is 4.92 Å². The average Bonchev–Trinajstić information content (AvgIpc) is 3.17. The predicted molar refractivity (Wildman–Crippen MR) is 142 cm³/mol. The van der Waals surface area contributed by atoms with Gasteiger partial charge in [-0.2, -0.15) is 0 Å². The van der Waals surface area contributed by atoms with Crippen molar-refractivity contribution in [2.75, 3.05) is 13.7 Å². The van der Waals surface area contributed by atoms with Crippen LogP contribution in [-0.4, -0.2) is 34.6 Å². The minimum Gasteiger partial charge on any atom is -0.497 e. The molecule has 0 spiro atoms. The molecule has 0 N–H and O–H groups in total. The lowest BCUT2D eigenvalue weighted by Gasteiger charge is -2.12. The summed E-state index contributed by atoms with van der Waals surface area (Å²) in [6.45, 7) is 2.61. The number of rotatable bonds is 8. The van der Waals surface area contributed by atoms with E-state index in [4.69, 9.17) is 21.1 Å². The van der Waals surface area contributed by atoms with Crippen LogP contribution in [0.2, 0.25) is 5.02 Å². The Morgan fingerprint density at radius 2 is 1.83 bits per heavy atom. The zero-order chi connectivity index (χ0) is 25.7. The predicted octanol–water partition coefficient (Wildman–Crippen LogP) is 6.46. The Hall–Kier alpha value is -3.82. The highest BCUT2D eigenvalue weighted by molar-refractivity contribution is 8.18. The fraction of sp³-hybridized carbons (Fsp3) is 0.154. The SMILES string of the molecule is CCN1C(=O)/C(=C/c2ccc(OCc3ccc([N+](=O)[O-])cc3)c(Cl)c2)SC1=Nc1ccc(OC)cc1. The first kappa shape index (κ1) is 25.3. The molecule has 0 unspecified atom stereocenters. The van der Waals surface area contributed by atoms with Crippen molar-refractivity contribution in [1.29, 1.82) is 0 Å². The topological polar surface area (TPSA) is 94.3 Å². The number of aliphatic imine (C=N–C) groups is 1. The summed E-state index contributed by atoms with van der Waals surface area (Å²) in [5, 5.41) is 11.8. The van der Waals surface area contributed by atoms with Gasteiger partial charge in [0, 0.05) is 18.7 Å². The molecule has 184 valence electrons. The number of nitro groups is 1. The van der Waals surface area contributed by atoms with Gasteiger partial charge in [-0.1, -0.05) is 17.7 Å². The quantitative estimate of drug-likeness (QED) is 0.191. The van der Waals surface area contributed by atoms with E-state index in [9.17, 15) is 14.9 Å². The van der Waals surface area contributed by atoms with E-state index in [1.807, 2.05) is 37.3 Å². The van der Waals surface area contributed by atoms with Gasteiger partial charge in [0.15, 0.2) is 5.17 Å². The molecule has 4 rings (SSSR count). The third kappa shape index (κ3) is 5.87. The van der Waals surface area contributed by atoms with E-state index in [1.165, 1.54) is 23.9 Å². The summed E-state index contributed by atoms with van der Waals surface area (Å²) in [6.07, 6.45) is 1.78. The van der Waals surface area contributed by atoms with Crippen molar-refractivity contribution in [1.82, 2.24) is 4.90 Å². The van der Waals surface area contributed by atoms with E-state index in [-0.39, 0.29) is 18.2 Å². The van der Waals surface area contributed by atoms with Crippen molar-refractivity contribution in [3.05, 3.63) is 97.9 Å². The van der Waals surface area contributed by atoms with Crippen LogP contribution in [0.15, 0.2) is 76.6 Å². The Morgan fingerprint density at radius 3 is 2.44 bits per heavy atom. The molecule has 1 aliphatic rings. The van der Waals surface area contributed by atoms with Gasteiger partial charge in [-0.15, -0.1) is 0 Å². The number of non-ortho nitro benzene ring substituents is 1. The number of thioether (sulfide) groups is 1. The van der Waals surface area contributed by atoms with E-state index >= 15 is 0 Å². The highest BCUT2D eigenvalue weighted by Gasteiger charge is 2.32. The molecule has 0 aromatic heterocycles. The highest BCUT2D eigenvalue weighted by atomic mass is 35.5. The third-order valence-electron chi connectivity index (χ3n) is 5.30. The number of nitrogens with zero attached hydrogens (tertiary/aromatic N) is 3. The van der Waals surface area contributed by atoms with E-state index in [0.29, 0.717) is 27.4 Å². The minimum absolute atomic E-state index is 0.0207. The highest BCUT2D eigenvalue weighted by Crippen LogP contribution is 2.35. The summed E-state index contributed by atoms with van der Waals surface area (Å²) in [4.78, 5) is 30.1. The number of halogens is 1. The van der Waals surface area contributed by atoms with Crippen molar-refractivity contribution < 1.29 is 19.2 Å². The van der Waals surface area contributed by atoms with Crippen LogP contribution >= 0.6 is 23.4 Å². The first-order valence-corrected chi connectivity index (χ1v) is 12.2. The molecule has 1 heterocycles. The molecule has 36 heavy (non-hydrogen) atoms. The monoisotopic (exact) mass is 523 g/mol. The number of amidine groups is 1. The first-order chi connectivity index (χ1) is 17.4. The van der Waals surface area contributed by atoms with Gasteiger partial charge in [0.2, 0.25) is 0 Å². The van der Waals surface area contributed by atoms with Crippen LogP contribution in [0.1, 0.15) is 18.1 Å². The van der Waals surface area contributed by atoms with E-state index in [0.717, 1.165) is 22.6 Å². The molecule has 1 saturated heterocycles. The Labute approximate surface area is 217 Å². The zero-order valence-corrected chi connectivity index (χ0v) is 21.1. The van der Waals surface area contributed by atoms with Gasteiger partial charge in [0.1, 0.15) is 18.1 Å². The summed E-state index contributed by atoms with van der Waals surface area (Å²) in [5.74, 6) is 1.09. The summed E-state index contributed by atoms with van der Waals surface area (Å²) in [6, 6.07) is 18.7. The van der Waals surface area contributed by atoms with E-state index in [2.05, 4.69) is 4.99 Å². The fourth-order valence-corrected chi connectivity index (χ4v) is 4.69. The number of benzene rings is 3. The van der Waals surface area contributed by atoms with Crippen LogP contribution in [-0.2, 0) is 11.4 Å². The van der Waals surface area contributed by atoms with Crippen LogP contribution in [0.25, 0.3) is 6.08 Å². The molecule has 1 amide bonds. The van der Waals surface area contributed by atoms with Crippen molar-refractivity contribution in [3.8, 4) is 11.5 Å². The molecule has 0 radical (unpaired) electrons. The van der Waals surface area contributed by atoms with Gasteiger partial charge >= 0.3 is 0 Å². The Morgan fingerprint density at radius 1 is 1.11 bits per heavy atom. The maximum absolute atomic E-state index is 13.0. The molecule has 10 heteroatoms. The first-order valence-electron chi connectivity index (χ1n) is 11.0. The Bertz CT molecular complexity index is 1340. The average molecular weight is 524 g/mol. The maximum Gasteiger partial charge on any atom is 0.269 e. The Balaban J connectivity index is 1.47. The van der Waals surface area contributed by atoms with Gasteiger partial charge in [-0.3, -0.25) is 19.8 Å². The van der Waals surface area contributed by atoms with Gasteiger partial charge in [-0.05, 0) is 84.4 Å². The number of methoxy groups -OCH3 is 1. The number of amides is 1. The molecule has 1 fully saturated rings. The van der Waals surface area contributed by atoms with Crippen LogP contribution in [0.3, 0.4) is 0 Å². The standard InChI is InChI=1S/C26H22ClN3O5S/c1-3-29-25(31)24(36-26(29)28-19-7-11-21(34-2)12-8-19)15-18-6-13-23(22(27)14-18)35-16-17-4-9-20(10-5-17)30(32)33/h4-15H,3,16H2,1-2H3/b24-15-,28-26?. The molecule has 3 aromatic carbocycles. The molecule has 0 saturated carbocycles. The van der Waals surface area contributed by atoms with Gasteiger partial charge in [0.05, 0.1) is 27.6 Å². The number of hydrogen-bond acceptors (Lipinski definition) is 7. The van der Waals surface area contributed by atoms with Crippen molar-refractivity contribution >= 4 is 51.9 Å². The summed E-state index contributed by atoms with van der Waals surface area (Å²) < 4.78 is 11.0.